The zero-order chi connectivity index (χ0) is 14.7. The standard InChI is InChI=1S/C14H12Cl3FN2/c15-9-4-5-12(18)10(7-9)13(20-19)6-8-2-1-3-11(16)14(8)17/h1-5,7,13,20H,6,19H2. The minimum atomic E-state index is -0.454. The van der Waals surface area contributed by atoms with Crippen LogP contribution in [-0.4, -0.2) is 0 Å². The van der Waals surface area contributed by atoms with Crippen LogP contribution in [0.5, 0.6) is 0 Å². The zero-order valence-electron chi connectivity index (χ0n) is 10.3. The smallest absolute Gasteiger partial charge is 0.128 e. The van der Waals surface area contributed by atoms with Gasteiger partial charge in [-0.1, -0.05) is 46.9 Å². The summed E-state index contributed by atoms with van der Waals surface area (Å²) in [4.78, 5) is 0. The Kier molecular flexibility index (Phi) is 5.24. The molecule has 0 amide bonds. The number of halogens is 4. The van der Waals surface area contributed by atoms with E-state index in [1.54, 1.807) is 18.2 Å². The molecule has 2 rings (SSSR count). The lowest BCUT2D eigenvalue weighted by Crippen LogP contribution is -2.30. The van der Waals surface area contributed by atoms with E-state index < -0.39 is 6.04 Å². The highest BCUT2D eigenvalue weighted by Crippen LogP contribution is 2.30. The molecule has 0 spiro atoms. The second kappa shape index (κ2) is 6.74. The molecular formula is C14H12Cl3FN2. The van der Waals surface area contributed by atoms with E-state index in [4.69, 9.17) is 40.6 Å². The van der Waals surface area contributed by atoms with Crippen LogP contribution in [-0.2, 0) is 6.42 Å². The van der Waals surface area contributed by atoms with Gasteiger partial charge in [0.05, 0.1) is 16.1 Å². The first kappa shape index (κ1) is 15.5. The van der Waals surface area contributed by atoms with Crippen molar-refractivity contribution in [2.24, 2.45) is 5.84 Å². The Balaban J connectivity index is 2.34. The van der Waals surface area contributed by atoms with E-state index in [2.05, 4.69) is 5.43 Å². The first-order valence-electron chi connectivity index (χ1n) is 5.87. The number of hydrogen-bond acceptors (Lipinski definition) is 2. The number of benzene rings is 2. The third kappa shape index (κ3) is 3.43. The lowest BCUT2D eigenvalue weighted by atomic mass is 9.99. The Morgan fingerprint density at radius 2 is 1.90 bits per heavy atom. The summed E-state index contributed by atoms with van der Waals surface area (Å²) in [5, 5.41) is 1.34. The quantitative estimate of drug-likeness (QED) is 0.637. The molecule has 0 saturated heterocycles. The summed E-state index contributed by atoms with van der Waals surface area (Å²) >= 11 is 18.0. The third-order valence-corrected chi connectivity index (χ3v) is 4.08. The van der Waals surface area contributed by atoms with Crippen LogP contribution < -0.4 is 11.3 Å². The molecule has 0 aliphatic rings. The summed E-state index contributed by atoms with van der Waals surface area (Å²) in [5.74, 6) is 5.14. The maximum absolute atomic E-state index is 13.9. The highest BCUT2D eigenvalue weighted by molar-refractivity contribution is 6.42. The van der Waals surface area contributed by atoms with Crippen molar-refractivity contribution in [3.63, 3.8) is 0 Å². The summed E-state index contributed by atoms with van der Waals surface area (Å²) in [6.45, 7) is 0. The predicted molar refractivity (Wildman–Crippen MR) is 81.6 cm³/mol. The van der Waals surface area contributed by atoms with Crippen LogP contribution in [0, 0.1) is 5.82 Å². The van der Waals surface area contributed by atoms with Crippen molar-refractivity contribution in [2.75, 3.05) is 0 Å². The van der Waals surface area contributed by atoms with Crippen molar-refractivity contribution in [1.29, 1.82) is 0 Å². The van der Waals surface area contributed by atoms with Gasteiger partial charge in [0.15, 0.2) is 0 Å². The molecule has 6 heteroatoms. The van der Waals surface area contributed by atoms with Gasteiger partial charge in [0.2, 0.25) is 0 Å². The number of hydrogen-bond donors (Lipinski definition) is 2. The molecule has 0 bridgehead atoms. The van der Waals surface area contributed by atoms with E-state index in [0.29, 0.717) is 27.1 Å². The number of nitrogens with one attached hydrogen (secondary N) is 1. The fourth-order valence-electron chi connectivity index (χ4n) is 1.97. The molecule has 0 aliphatic heterocycles. The highest BCUT2D eigenvalue weighted by Gasteiger charge is 2.17. The van der Waals surface area contributed by atoms with Gasteiger partial charge < -0.3 is 0 Å². The van der Waals surface area contributed by atoms with E-state index in [1.807, 2.05) is 6.07 Å². The minimum Gasteiger partial charge on any atom is -0.271 e. The molecule has 20 heavy (non-hydrogen) atoms. The molecule has 1 unspecified atom stereocenters. The SMILES string of the molecule is NNC(Cc1cccc(Cl)c1Cl)c1cc(Cl)ccc1F. The van der Waals surface area contributed by atoms with Crippen molar-refractivity contribution in [3.8, 4) is 0 Å². The highest BCUT2D eigenvalue weighted by atomic mass is 35.5. The second-order valence-corrected chi connectivity index (χ2v) is 5.52. The van der Waals surface area contributed by atoms with Crippen molar-refractivity contribution in [1.82, 2.24) is 5.43 Å². The Morgan fingerprint density at radius 1 is 1.15 bits per heavy atom. The topological polar surface area (TPSA) is 38.0 Å². The molecule has 106 valence electrons. The van der Waals surface area contributed by atoms with Crippen LogP contribution in [0.15, 0.2) is 36.4 Å². The maximum atomic E-state index is 13.9. The Bertz CT molecular complexity index is 619. The van der Waals surface area contributed by atoms with Crippen LogP contribution in [0.25, 0.3) is 0 Å². The van der Waals surface area contributed by atoms with E-state index in [1.165, 1.54) is 12.1 Å². The average Bonchev–Trinajstić information content (AvgIpc) is 2.43. The molecule has 2 nitrogen and oxygen atoms in total. The summed E-state index contributed by atoms with van der Waals surface area (Å²) < 4.78 is 13.9. The van der Waals surface area contributed by atoms with Crippen LogP contribution in [0.3, 0.4) is 0 Å². The fraction of sp³-hybridized carbons (Fsp3) is 0.143. The third-order valence-electron chi connectivity index (χ3n) is 2.99. The summed E-state index contributed by atoms with van der Waals surface area (Å²) in [7, 11) is 0. The van der Waals surface area contributed by atoms with Crippen molar-refractivity contribution >= 4 is 34.8 Å². The normalized spacial score (nSPS) is 12.4. The number of nitrogens with two attached hydrogens (primary N) is 1. The van der Waals surface area contributed by atoms with Gasteiger partial charge in [-0.25, -0.2) is 4.39 Å². The van der Waals surface area contributed by atoms with Gasteiger partial charge in [-0.05, 0) is 36.2 Å². The number of rotatable bonds is 4. The van der Waals surface area contributed by atoms with E-state index in [9.17, 15) is 4.39 Å². The van der Waals surface area contributed by atoms with Gasteiger partial charge in [0, 0.05) is 10.6 Å². The molecule has 1 atom stereocenters. The van der Waals surface area contributed by atoms with Crippen LogP contribution >= 0.6 is 34.8 Å². The molecule has 0 aromatic heterocycles. The maximum Gasteiger partial charge on any atom is 0.128 e. The largest absolute Gasteiger partial charge is 0.271 e. The minimum absolute atomic E-state index is 0.379. The first-order chi connectivity index (χ1) is 9.52. The van der Waals surface area contributed by atoms with Gasteiger partial charge >= 0.3 is 0 Å². The Hall–Kier alpha value is -0.840. The van der Waals surface area contributed by atoms with Crippen LogP contribution in [0.4, 0.5) is 4.39 Å². The van der Waals surface area contributed by atoms with Crippen LogP contribution in [0.2, 0.25) is 15.1 Å². The molecule has 0 aliphatic carbocycles. The Morgan fingerprint density at radius 3 is 2.60 bits per heavy atom. The van der Waals surface area contributed by atoms with E-state index in [-0.39, 0.29) is 5.82 Å². The first-order valence-corrected chi connectivity index (χ1v) is 7.00. The molecule has 3 N–H and O–H groups in total. The molecule has 2 aromatic carbocycles. The van der Waals surface area contributed by atoms with Crippen molar-refractivity contribution in [2.45, 2.75) is 12.5 Å². The average molecular weight is 334 g/mol. The summed E-state index contributed by atoms with van der Waals surface area (Å²) in [5.41, 5.74) is 3.75. The molecule has 0 saturated carbocycles. The lowest BCUT2D eigenvalue weighted by Gasteiger charge is -2.18. The van der Waals surface area contributed by atoms with Gasteiger partial charge in [0.1, 0.15) is 5.82 Å². The Labute approximate surface area is 131 Å². The zero-order valence-corrected chi connectivity index (χ0v) is 12.6. The summed E-state index contributed by atoms with van der Waals surface area (Å²) in [6, 6.07) is 9.18. The van der Waals surface area contributed by atoms with Gasteiger partial charge in [-0.15, -0.1) is 0 Å². The second-order valence-electron chi connectivity index (χ2n) is 4.30. The molecule has 0 heterocycles. The molecule has 0 radical (unpaired) electrons. The van der Waals surface area contributed by atoms with Gasteiger partial charge in [-0.3, -0.25) is 11.3 Å². The van der Waals surface area contributed by atoms with Crippen LogP contribution in [0.1, 0.15) is 17.2 Å². The fourth-order valence-corrected chi connectivity index (χ4v) is 2.54. The predicted octanol–water partition coefficient (Wildman–Crippen LogP) is 4.53. The molecule has 0 fully saturated rings. The van der Waals surface area contributed by atoms with Crippen molar-refractivity contribution in [3.05, 3.63) is 68.4 Å². The van der Waals surface area contributed by atoms with Gasteiger partial charge in [-0.2, -0.15) is 0 Å². The van der Waals surface area contributed by atoms with Crippen molar-refractivity contribution < 1.29 is 4.39 Å². The summed E-state index contributed by atoms with van der Waals surface area (Å²) in [6.07, 6.45) is 0.396. The lowest BCUT2D eigenvalue weighted by molar-refractivity contribution is 0.510. The van der Waals surface area contributed by atoms with E-state index >= 15 is 0 Å². The number of hydrazine groups is 1. The van der Waals surface area contributed by atoms with E-state index in [0.717, 1.165) is 5.56 Å². The molecule has 2 aromatic rings. The van der Waals surface area contributed by atoms with Gasteiger partial charge in [0.25, 0.3) is 0 Å². The monoisotopic (exact) mass is 332 g/mol. The molecular weight excluding hydrogens is 322 g/mol.